The third-order valence-electron chi connectivity index (χ3n) is 4.02. The molecule has 23 heavy (non-hydrogen) atoms. The molecule has 5 heteroatoms. The molecular formula is C18H16N2O3. The highest BCUT2D eigenvalue weighted by Gasteiger charge is 2.12. The zero-order valence-corrected chi connectivity index (χ0v) is 12.7. The van der Waals surface area contributed by atoms with Crippen LogP contribution in [0.15, 0.2) is 48.7 Å². The normalized spacial score (nSPS) is 10.8. The van der Waals surface area contributed by atoms with Crippen LogP contribution in [0.2, 0.25) is 0 Å². The first-order valence-electron chi connectivity index (χ1n) is 7.43. The zero-order valence-electron chi connectivity index (χ0n) is 12.7. The van der Waals surface area contributed by atoms with Crippen molar-refractivity contribution in [1.29, 1.82) is 0 Å². The second kappa shape index (κ2) is 6.04. The molecule has 1 aromatic heterocycles. The van der Waals surface area contributed by atoms with E-state index in [0.717, 1.165) is 29.2 Å². The Morgan fingerprint density at radius 2 is 1.91 bits per heavy atom. The van der Waals surface area contributed by atoms with Crippen LogP contribution in [0.3, 0.4) is 0 Å². The Kier molecular flexibility index (Phi) is 3.93. The second-order valence-electron chi connectivity index (χ2n) is 5.42. The molecule has 0 aliphatic carbocycles. The molecule has 0 radical (unpaired) electrons. The average molecular weight is 308 g/mol. The lowest BCUT2D eigenvalue weighted by Crippen LogP contribution is -2.00. The molecule has 0 saturated carbocycles. The van der Waals surface area contributed by atoms with Crippen LogP contribution in [-0.2, 0) is 13.0 Å². The van der Waals surface area contributed by atoms with Gasteiger partial charge in [0.1, 0.15) is 0 Å². The van der Waals surface area contributed by atoms with Gasteiger partial charge in [-0.25, -0.2) is 0 Å². The number of aromatic nitrogens is 1. The maximum atomic E-state index is 11.3. The number of nitro groups is 1. The summed E-state index contributed by atoms with van der Waals surface area (Å²) in [6.45, 7) is 2.65. The molecule has 0 aliphatic rings. The number of nitro benzene ring substituents is 1. The summed E-state index contributed by atoms with van der Waals surface area (Å²) in [5, 5.41) is 11.7. The molecule has 1 heterocycles. The SMILES string of the molecule is CCc1cccc2c(C=O)cn(Cc3ccc([N+](=O)[O-])cc3)c12. The van der Waals surface area contributed by atoms with E-state index in [1.807, 2.05) is 22.9 Å². The number of rotatable bonds is 5. The summed E-state index contributed by atoms with van der Waals surface area (Å²) in [6, 6.07) is 12.5. The van der Waals surface area contributed by atoms with Crippen molar-refractivity contribution in [3.63, 3.8) is 0 Å². The number of carbonyl (C=O) groups is 1. The number of hydrogen-bond acceptors (Lipinski definition) is 3. The summed E-state index contributed by atoms with van der Waals surface area (Å²) < 4.78 is 2.04. The molecular weight excluding hydrogens is 292 g/mol. The van der Waals surface area contributed by atoms with E-state index in [0.29, 0.717) is 12.1 Å². The van der Waals surface area contributed by atoms with Crippen LogP contribution in [0.25, 0.3) is 10.9 Å². The third-order valence-corrected chi connectivity index (χ3v) is 4.02. The van der Waals surface area contributed by atoms with Gasteiger partial charge in [0.2, 0.25) is 0 Å². The standard InChI is InChI=1S/C18H16N2O3/c1-2-14-4-3-5-17-15(12-21)11-19(18(14)17)10-13-6-8-16(9-7-13)20(22)23/h3-9,11-12H,2,10H2,1H3. The number of para-hydroxylation sites is 1. The predicted octanol–water partition coefficient (Wildman–Crippen LogP) is 3.97. The van der Waals surface area contributed by atoms with Crippen LogP contribution in [-0.4, -0.2) is 15.8 Å². The maximum Gasteiger partial charge on any atom is 0.269 e. The Bertz CT molecular complexity index is 879. The van der Waals surface area contributed by atoms with Gasteiger partial charge in [0, 0.05) is 35.8 Å². The van der Waals surface area contributed by atoms with E-state index in [9.17, 15) is 14.9 Å². The molecule has 0 N–H and O–H groups in total. The number of fused-ring (bicyclic) bond motifs is 1. The number of benzene rings is 2. The Morgan fingerprint density at radius 1 is 1.17 bits per heavy atom. The fourth-order valence-electron chi connectivity index (χ4n) is 2.89. The molecule has 0 aliphatic heterocycles. The van der Waals surface area contributed by atoms with Crippen LogP contribution in [0, 0.1) is 10.1 Å². The Labute approximate surface area is 133 Å². The van der Waals surface area contributed by atoms with Gasteiger partial charge in [0.25, 0.3) is 5.69 Å². The molecule has 0 atom stereocenters. The van der Waals surface area contributed by atoms with Gasteiger partial charge in [-0.05, 0) is 17.5 Å². The first-order valence-corrected chi connectivity index (χ1v) is 7.43. The Balaban J connectivity index is 2.05. The molecule has 5 nitrogen and oxygen atoms in total. The van der Waals surface area contributed by atoms with Crippen LogP contribution >= 0.6 is 0 Å². The van der Waals surface area contributed by atoms with Gasteiger partial charge in [-0.3, -0.25) is 14.9 Å². The molecule has 0 fully saturated rings. The number of nitrogens with zero attached hydrogens (tertiary/aromatic N) is 2. The molecule has 0 saturated heterocycles. The highest BCUT2D eigenvalue weighted by molar-refractivity contribution is 5.99. The van der Waals surface area contributed by atoms with Gasteiger partial charge < -0.3 is 4.57 Å². The van der Waals surface area contributed by atoms with Gasteiger partial charge in [-0.15, -0.1) is 0 Å². The zero-order chi connectivity index (χ0) is 16.4. The lowest BCUT2D eigenvalue weighted by atomic mass is 10.1. The summed E-state index contributed by atoms with van der Waals surface area (Å²) in [7, 11) is 0. The molecule has 116 valence electrons. The minimum Gasteiger partial charge on any atom is -0.342 e. The summed E-state index contributed by atoms with van der Waals surface area (Å²) >= 11 is 0. The van der Waals surface area contributed by atoms with Crippen molar-refractivity contribution in [3.05, 3.63) is 75.5 Å². The first kappa shape index (κ1) is 15.0. The van der Waals surface area contributed by atoms with Crippen molar-refractivity contribution in [3.8, 4) is 0 Å². The van der Waals surface area contributed by atoms with Crippen molar-refractivity contribution in [2.24, 2.45) is 0 Å². The molecule has 2 aromatic carbocycles. The second-order valence-corrected chi connectivity index (χ2v) is 5.42. The summed E-state index contributed by atoms with van der Waals surface area (Å²) in [4.78, 5) is 21.6. The largest absolute Gasteiger partial charge is 0.342 e. The van der Waals surface area contributed by atoms with Crippen molar-refractivity contribution in [2.75, 3.05) is 0 Å². The number of hydrogen-bond donors (Lipinski definition) is 0. The number of non-ortho nitro benzene ring substituents is 1. The van der Waals surface area contributed by atoms with E-state index < -0.39 is 4.92 Å². The molecule has 0 unspecified atom stereocenters. The minimum absolute atomic E-state index is 0.0777. The number of aldehydes is 1. The molecule has 3 rings (SSSR count). The maximum absolute atomic E-state index is 11.3. The van der Waals surface area contributed by atoms with Gasteiger partial charge >= 0.3 is 0 Å². The van der Waals surface area contributed by atoms with Crippen LogP contribution in [0.4, 0.5) is 5.69 Å². The van der Waals surface area contributed by atoms with Gasteiger partial charge in [0.05, 0.1) is 10.4 Å². The van der Waals surface area contributed by atoms with Crippen molar-refractivity contribution in [2.45, 2.75) is 19.9 Å². The number of aryl methyl sites for hydroxylation is 1. The monoisotopic (exact) mass is 308 g/mol. The van der Waals surface area contributed by atoms with E-state index in [4.69, 9.17) is 0 Å². The molecule has 0 amide bonds. The lowest BCUT2D eigenvalue weighted by Gasteiger charge is -2.09. The van der Waals surface area contributed by atoms with E-state index in [1.165, 1.54) is 17.7 Å². The quantitative estimate of drug-likeness (QED) is 0.407. The predicted molar refractivity (Wildman–Crippen MR) is 88.9 cm³/mol. The summed E-state index contributed by atoms with van der Waals surface area (Å²) in [6.07, 6.45) is 3.59. The molecule has 0 spiro atoms. The van der Waals surface area contributed by atoms with E-state index in [-0.39, 0.29) is 5.69 Å². The third kappa shape index (κ3) is 2.73. The summed E-state index contributed by atoms with van der Waals surface area (Å²) in [5.41, 5.74) is 3.93. The van der Waals surface area contributed by atoms with Crippen LogP contribution < -0.4 is 0 Å². The highest BCUT2D eigenvalue weighted by Crippen LogP contribution is 2.25. The minimum atomic E-state index is -0.408. The summed E-state index contributed by atoms with van der Waals surface area (Å²) in [5.74, 6) is 0. The lowest BCUT2D eigenvalue weighted by molar-refractivity contribution is -0.384. The van der Waals surface area contributed by atoms with E-state index in [1.54, 1.807) is 12.1 Å². The fraction of sp³-hybridized carbons (Fsp3) is 0.167. The molecule has 3 aromatic rings. The van der Waals surface area contributed by atoms with Gasteiger partial charge in [-0.1, -0.05) is 37.3 Å². The Morgan fingerprint density at radius 3 is 2.52 bits per heavy atom. The fourth-order valence-corrected chi connectivity index (χ4v) is 2.89. The van der Waals surface area contributed by atoms with Crippen molar-refractivity contribution in [1.82, 2.24) is 4.57 Å². The van der Waals surface area contributed by atoms with Gasteiger partial charge in [0.15, 0.2) is 6.29 Å². The number of carbonyl (C=O) groups excluding carboxylic acids is 1. The highest BCUT2D eigenvalue weighted by atomic mass is 16.6. The Hall–Kier alpha value is -2.95. The molecule has 0 bridgehead atoms. The van der Waals surface area contributed by atoms with Crippen molar-refractivity contribution < 1.29 is 9.72 Å². The topological polar surface area (TPSA) is 65.1 Å². The van der Waals surface area contributed by atoms with E-state index >= 15 is 0 Å². The van der Waals surface area contributed by atoms with E-state index in [2.05, 4.69) is 13.0 Å². The first-order chi connectivity index (χ1) is 11.1. The smallest absolute Gasteiger partial charge is 0.269 e. The average Bonchev–Trinajstić information content (AvgIpc) is 2.93. The van der Waals surface area contributed by atoms with Crippen LogP contribution in [0.1, 0.15) is 28.4 Å². The van der Waals surface area contributed by atoms with Gasteiger partial charge in [-0.2, -0.15) is 0 Å². The van der Waals surface area contributed by atoms with Crippen LogP contribution in [0.5, 0.6) is 0 Å². The van der Waals surface area contributed by atoms with Crippen molar-refractivity contribution >= 4 is 22.9 Å².